The van der Waals surface area contributed by atoms with Crippen molar-refractivity contribution in [3.63, 3.8) is 0 Å². The van der Waals surface area contributed by atoms with Crippen molar-refractivity contribution in [2.45, 2.75) is 18.0 Å². The molecule has 6 heterocycles. The van der Waals surface area contributed by atoms with Crippen LogP contribution in [-0.2, 0) is 10.0 Å². The zero-order valence-corrected chi connectivity index (χ0v) is 32.4. The summed E-state index contributed by atoms with van der Waals surface area (Å²) >= 11 is 6.78. The molecule has 10 rings (SSSR count). The number of aromatic nitrogens is 6. The van der Waals surface area contributed by atoms with Gasteiger partial charge in [-0.1, -0.05) is 65.7 Å². The van der Waals surface area contributed by atoms with Crippen LogP contribution in [0.5, 0.6) is 5.75 Å². The van der Waals surface area contributed by atoms with E-state index in [0.29, 0.717) is 77.5 Å². The van der Waals surface area contributed by atoms with E-state index in [9.17, 15) is 18.9 Å². The fourth-order valence-electron chi connectivity index (χ4n) is 7.24. The second-order valence-electron chi connectivity index (χ2n) is 13.8. The van der Waals surface area contributed by atoms with Gasteiger partial charge in [-0.3, -0.25) is 13.5 Å². The second-order valence-corrected chi connectivity index (χ2v) is 15.9. The number of aryl methyl sites for hydroxylation is 1. The van der Waals surface area contributed by atoms with Gasteiger partial charge < -0.3 is 10.1 Å². The smallest absolute Gasteiger partial charge is 0.261 e. The molecule has 0 saturated carbocycles. The summed E-state index contributed by atoms with van der Waals surface area (Å²) in [5, 5.41) is 24.5. The number of benzene rings is 4. The van der Waals surface area contributed by atoms with Crippen molar-refractivity contribution in [3.05, 3.63) is 155 Å². The van der Waals surface area contributed by atoms with Gasteiger partial charge in [-0.25, -0.2) is 28.4 Å². The Morgan fingerprint density at radius 3 is 1.97 bits per heavy atom. The molecule has 4 aromatic carbocycles. The molecule has 0 bridgehead atoms. The van der Waals surface area contributed by atoms with Crippen LogP contribution in [0.15, 0.2) is 133 Å². The Balaban J connectivity index is 1.05. The van der Waals surface area contributed by atoms with Crippen molar-refractivity contribution >= 4 is 88.4 Å². The first-order chi connectivity index (χ1) is 28.7. The highest BCUT2D eigenvalue weighted by molar-refractivity contribution is 7.92. The molecule has 284 valence electrons. The number of ether oxygens (including phenoxy) is 1. The number of hydrogen-bond donors (Lipinski definition) is 2. The van der Waals surface area contributed by atoms with Crippen LogP contribution in [-0.4, -0.2) is 37.2 Å². The van der Waals surface area contributed by atoms with Crippen LogP contribution in [0.4, 0.5) is 11.4 Å². The lowest BCUT2D eigenvalue weighted by Crippen LogP contribution is -2.18. The number of halogens is 1. The Bertz CT molecular complexity index is 3570. The quantitative estimate of drug-likeness (QED) is 0.141. The van der Waals surface area contributed by atoms with Crippen LogP contribution in [0.3, 0.4) is 0 Å². The van der Waals surface area contributed by atoms with E-state index in [1.165, 1.54) is 12.1 Å². The van der Waals surface area contributed by atoms with Crippen molar-refractivity contribution in [3.8, 4) is 17.9 Å². The molecule has 0 aliphatic carbocycles. The minimum absolute atomic E-state index is 0.116. The maximum absolute atomic E-state index is 13.2. The van der Waals surface area contributed by atoms with Crippen LogP contribution in [0.25, 0.3) is 55.4 Å². The summed E-state index contributed by atoms with van der Waals surface area (Å²) in [4.78, 5) is 19.6. The van der Waals surface area contributed by atoms with Crippen LogP contribution >= 0.6 is 11.6 Å². The minimum Gasteiger partial charge on any atom is -0.464 e. The molecule has 10 aromatic rings. The number of sulfonamides is 1. The average molecular weight is 811 g/mol. The molecule has 59 heavy (non-hydrogen) atoms. The summed E-state index contributed by atoms with van der Waals surface area (Å²) in [6, 6.07) is 38.1. The number of rotatable bonds is 8. The number of hydrogen-bond acceptors (Lipinski definition) is 10. The molecule has 0 spiro atoms. The first kappa shape index (κ1) is 35.6. The predicted octanol–water partition coefficient (Wildman–Crippen LogP) is 9.08. The molecule has 0 saturated heterocycles. The summed E-state index contributed by atoms with van der Waals surface area (Å²) in [7, 11) is -3.90. The number of nitrogens with zero attached hydrogens (tertiary/aromatic N) is 8. The Morgan fingerprint density at radius 1 is 0.678 bits per heavy atom. The Morgan fingerprint density at radius 2 is 1.27 bits per heavy atom. The molecule has 0 fully saturated rings. The van der Waals surface area contributed by atoms with E-state index in [1.807, 2.05) is 72.1 Å². The number of nitrogens with one attached hydrogen (secondary N) is 2. The molecule has 0 radical (unpaired) electrons. The normalized spacial score (nSPS) is 12.3. The average Bonchev–Trinajstić information content (AvgIpc) is 3.71. The molecule has 15 heteroatoms. The zero-order valence-electron chi connectivity index (χ0n) is 30.8. The third-order valence-corrected chi connectivity index (χ3v) is 11.8. The van der Waals surface area contributed by atoms with Gasteiger partial charge >= 0.3 is 0 Å². The van der Waals surface area contributed by atoms with Crippen molar-refractivity contribution < 1.29 is 13.2 Å². The van der Waals surface area contributed by atoms with E-state index in [4.69, 9.17) is 36.3 Å². The first-order valence-corrected chi connectivity index (χ1v) is 20.1. The highest BCUT2D eigenvalue weighted by atomic mass is 35.5. The van der Waals surface area contributed by atoms with Crippen LogP contribution in [0.1, 0.15) is 28.5 Å². The number of fused-ring (bicyclic) bond motifs is 8. The topological polar surface area (TPSA) is 175 Å². The van der Waals surface area contributed by atoms with Gasteiger partial charge in [0, 0.05) is 28.7 Å². The van der Waals surface area contributed by atoms with Crippen molar-refractivity contribution in [1.29, 1.82) is 10.5 Å². The summed E-state index contributed by atoms with van der Waals surface area (Å²) in [5.74, 6) is 0.373. The molecule has 0 amide bonds. The molecule has 6 aromatic heterocycles. The fraction of sp³-hybridized carbons (Fsp3) is 0.0455. The van der Waals surface area contributed by atoms with E-state index in [2.05, 4.69) is 22.2 Å². The molecule has 1 unspecified atom stereocenters. The lowest BCUT2D eigenvalue weighted by atomic mass is 10.1. The number of pyridine rings is 2. The van der Waals surface area contributed by atoms with Gasteiger partial charge in [0.25, 0.3) is 10.0 Å². The van der Waals surface area contributed by atoms with Crippen LogP contribution < -0.4 is 14.8 Å². The molecule has 0 aliphatic rings. The lowest BCUT2D eigenvalue weighted by Gasteiger charge is -2.23. The minimum atomic E-state index is -3.90. The predicted molar refractivity (Wildman–Crippen MR) is 226 cm³/mol. The van der Waals surface area contributed by atoms with E-state index < -0.39 is 16.3 Å². The maximum Gasteiger partial charge on any atom is 0.261 e. The van der Waals surface area contributed by atoms with Gasteiger partial charge in [-0.15, -0.1) is 0 Å². The van der Waals surface area contributed by atoms with Gasteiger partial charge in [0.05, 0.1) is 38.2 Å². The number of para-hydroxylation sites is 3. The van der Waals surface area contributed by atoms with E-state index in [0.717, 1.165) is 11.1 Å². The van der Waals surface area contributed by atoms with Crippen LogP contribution in [0.2, 0.25) is 5.02 Å². The Hall–Kier alpha value is -7.78. The Labute approximate surface area is 340 Å². The van der Waals surface area contributed by atoms with Gasteiger partial charge in [-0.05, 0) is 73.7 Å². The molecule has 13 nitrogen and oxygen atoms in total. The van der Waals surface area contributed by atoms with E-state index in [1.54, 1.807) is 59.1 Å². The summed E-state index contributed by atoms with van der Waals surface area (Å²) in [6.45, 7) is 1.88. The van der Waals surface area contributed by atoms with E-state index in [-0.39, 0.29) is 16.1 Å². The lowest BCUT2D eigenvalue weighted by molar-refractivity contribution is 0.238. The fourth-order valence-corrected chi connectivity index (χ4v) is 8.52. The van der Waals surface area contributed by atoms with Gasteiger partial charge in [0.2, 0.25) is 0 Å². The first-order valence-electron chi connectivity index (χ1n) is 18.2. The monoisotopic (exact) mass is 810 g/mol. The molecular formula is C44H27ClN10O3S. The number of nitriles is 2. The van der Waals surface area contributed by atoms with Gasteiger partial charge in [0.15, 0.2) is 23.3 Å². The Kier molecular flexibility index (Phi) is 8.27. The van der Waals surface area contributed by atoms with Gasteiger partial charge in [-0.2, -0.15) is 10.5 Å². The van der Waals surface area contributed by atoms with Crippen molar-refractivity contribution in [1.82, 2.24) is 28.7 Å². The zero-order chi connectivity index (χ0) is 40.4. The summed E-state index contributed by atoms with van der Waals surface area (Å²) < 4.78 is 39.3. The number of anilines is 2. The maximum atomic E-state index is 13.2. The molecule has 1 atom stereocenters. The molecule has 2 N–H and O–H groups in total. The van der Waals surface area contributed by atoms with Gasteiger partial charge in [0.1, 0.15) is 39.8 Å². The summed E-state index contributed by atoms with van der Waals surface area (Å²) in [5.41, 5.74) is 8.20. The highest BCUT2D eigenvalue weighted by Gasteiger charge is 2.23. The molecular weight excluding hydrogens is 784 g/mol. The van der Waals surface area contributed by atoms with E-state index >= 15 is 0 Å². The standard InChI is InChI=1S/C44H27ClN10O3S/c1-25-13-15-28(16-14-25)59(56,57)53-27-18-20-55-37(22-27)31(24-47)40-43(55)52-41-35(50-40)11-6-12-38(41)58-44(29-7-2-3-8-32(29)45)48-26-17-19-54-36(21-26)30(23-46)39-42(54)51-34-10-5-4-9-33(34)49-39/h2-22,44,48,53H,1H3. The van der Waals surface area contributed by atoms with Crippen molar-refractivity contribution in [2.24, 2.45) is 0 Å². The third-order valence-electron chi connectivity index (χ3n) is 10.1. The SMILES string of the molecule is Cc1ccc(S(=O)(=O)Nc2ccn3c(c2)c(C#N)c2nc4cccc(OC(Nc5ccn6c(c5)c(C#N)c5nc7ccccc7nc56)c5ccccc5Cl)c4nc23)cc1. The third kappa shape index (κ3) is 6.02. The van der Waals surface area contributed by atoms with Crippen LogP contribution in [0, 0.1) is 29.6 Å². The molecule has 0 aliphatic heterocycles. The second kappa shape index (κ2) is 13.7. The largest absolute Gasteiger partial charge is 0.464 e. The van der Waals surface area contributed by atoms with Crippen molar-refractivity contribution in [2.75, 3.05) is 10.0 Å². The highest BCUT2D eigenvalue weighted by Crippen LogP contribution is 2.36. The summed E-state index contributed by atoms with van der Waals surface area (Å²) in [6.07, 6.45) is 2.62.